The van der Waals surface area contributed by atoms with E-state index >= 15 is 0 Å². The van der Waals surface area contributed by atoms with Crippen molar-refractivity contribution >= 4 is 88.1 Å². The monoisotopic (exact) mass is 770 g/mol. The van der Waals surface area contributed by atoms with Gasteiger partial charge < -0.3 is 23.8 Å². The molecule has 1 saturated heterocycles. The Morgan fingerprint density at radius 1 is 0.750 bits per heavy atom. The first kappa shape index (κ1) is 37.7. The Morgan fingerprint density at radius 2 is 1.23 bits per heavy atom. The van der Waals surface area contributed by atoms with Crippen molar-refractivity contribution in [3.63, 3.8) is 0 Å². The van der Waals surface area contributed by atoms with E-state index in [-0.39, 0.29) is 32.1 Å². The van der Waals surface area contributed by atoms with Gasteiger partial charge in [-0.2, -0.15) is 0 Å². The normalized spacial score (nSPS) is 23.0. The summed E-state index contributed by atoms with van der Waals surface area (Å²) in [6.07, 6.45) is 2.88. The molecule has 2 fully saturated rings. The van der Waals surface area contributed by atoms with Gasteiger partial charge in [-0.1, -0.05) is 48.1 Å². The number of benzene rings is 1. The number of hydrogen-bond acceptors (Lipinski definition) is 14. The lowest BCUT2D eigenvalue weighted by Crippen LogP contribution is -2.56. The summed E-state index contributed by atoms with van der Waals surface area (Å²) in [5.41, 5.74) is 1.46. The van der Waals surface area contributed by atoms with Crippen molar-refractivity contribution in [2.45, 2.75) is 63.0 Å². The van der Waals surface area contributed by atoms with Crippen LogP contribution in [0.2, 0.25) is 0 Å². The van der Waals surface area contributed by atoms with E-state index in [1.807, 2.05) is 26.0 Å². The molecule has 0 N–H and O–H groups in total. The van der Waals surface area contributed by atoms with Crippen LogP contribution in [0.5, 0.6) is 0 Å². The fourth-order valence-electron chi connectivity index (χ4n) is 7.61. The van der Waals surface area contributed by atoms with Gasteiger partial charge in [0, 0.05) is 16.0 Å². The average Bonchev–Trinajstić information content (AvgIpc) is 3.63. The van der Waals surface area contributed by atoms with Gasteiger partial charge in [-0.15, -0.1) is 0 Å². The summed E-state index contributed by atoms with van der Waals surface area (Å²) in [7, 11) is 4.60. The molecular formula is C36H38N2O11S3. The highest BCUT2D eigenvalue weighted by molar-refractivity contribution is 8.26. The molecule has 2 atom stereocenters. The second-order valence-corrected chi connectivity index (χ2v) is 17.2. The molecule has 16 heteroatoms. The summed E-state index contributed by atoms with van der Waals surface area (Å²) in [5, 5.41) is 0. The Bertz CT molecular complexity index is 1910. The van der Waals surface area contributed by atoms with Crippen LogP contribution >= 0.6 is 35.3 Å². The van der Waals surface area contributed by atoms with Gasteiger partial charge in [-0.3, -0.25) is 19.3 Å². The predicted molar refractivity (Wildman–Crippen MR) is 194 cm³/mol. The second kappa shape index (κ2) is 13.8. The molecule has 1 aliphatic carbocycles. The molecule has 0 bridgehead atoms. The Morgan fingerprint density at radius 3 is 1.73 bits per heavy atom. The highest BCUT2D eigenvalue weighted by Gasteiger charge is 2.62. The molecule has 276 valence electrons. The molecule has 0 unspecified atom stereocenters. The van der Waals surface area contributed by atoms with Gasteiger partial charge >= 0.3 is 23.9 Å². The third-order valence-corrected chi connectivity index (χ3v) is 14.9. The number of nitrogens with zero attached hydrogens (tertiary/aromatic N) is 2. The van der Waals surface area contributed by atoms with E-state index in [1.165, 1.54) is 4.90 Å². The smallest absolute Gasteiger partial charge is 0.345 e. The van der Waals surface area contributed by atoms with E-state index in [9.17, 15) is 33.6 Å². The Balaban J connectivity index is 1.60. The van der Waals surface area contributed by atoms with E-state index < -0.39 is 57.8 Å². The molecule has 1 aromatic rings. The van der Waals surface area contributed by atoms with Crippen molar-refractivity contribution in [1.82, 2.24) is 4.90 Å². The van der Waals surface area contributed by atoms with Crippen molar-refractivity contribution in [1.29, 1.82) is 0 Å². The first-order chi connectivity index (χ1) is 24.6. The van der Waals surface area contributed by atoms with Gasteiger partial charge in [-0.05, 0) is 63.8 Å². The SMILES string of the molecule is COC(=O)C1=C(C(=O)OC)SC2(S1)C(C(=O)OC)=C(C(=O)OC)SC1=C2c2cc(C)c(C)cc2N(C(=O)CN2C(=O)[C@@H]3CCCC[C@H]3C2=O)C1(C)C. The number of ether oxygens (including phenoxy) is 4. The van der Waals surface area contributed by atoms with Crippen molar-refractivity contribution in [3.05, 3.63) is 54.0 Å². The molecule has 52 heavy (non-hydrogen) atoms. The number of aryl methyl sites for hydroxylation is 2. The maximum atomic E-state index is 14.7. The van der Waals surface area contributed by atoms with Gasteiger partial charge in [0.15, 0.2) is 0 Å². The average molecular weight is 771 g/mol. The maximum Gasteiger partial charge on any atom is 0.345 e. The zero-order chi connectivity index (χ0) is 38.0. The van der Waals surface area contributed by atoms with Crippen molar-refractivity contribution in [2.75, 3.05) is 39.9 Å². The van der Waals surface area contributed by atoms with Crippen LogP contribution in [0.4, 0.5) is 5.69 Å². The lowest BCUT2D eigenvalue weighted by atomic mass is 9.81. The van der Waals surface area contributed by atoms with Gasteiger partial charge in [0.05, 0.1) is 57.1 Å². The molecule has 6 rings (SSSR count). The van der Waals surface area contributed by atoms with E-state index in [0.29, 0.717) is 34.6 Å². The number of thioether (sulfide) groups is 3. The Kier molecular flexibility index (Phi) is 9.98. The molecule has 1 aromatic carbocycles. The summed E-state index contributed by atoms with van der Waals surface area (Å²) in [6, 6.07) is 3.66. The quantitative estimate of drug-likeness (QED) is 0.227. The number of hydrogen-bond donors (Lipinski definition) is 0. The number of amides is 3. The summed E-state index contributed by atoms with van der Waals surface area (Å²) in [6.45, 7) is 6.77. The summed E-state index contributed by atoms with van der Waals surface area (Å²) >= 11 is 2.59. The summed E-state index contributed by atoms with van der Waals surface area (Å²) in [4.78, 5) is 98.4. The van der Waals surface area contributed by atoms with Crippen LogP contribution in [-0.2, 0) is 52.5 Å². The summed E-state index contributed by atoms with van der Waals surface area (Å²) in [5.74, 6) is -5.65. The maximum absolute atomic E-state index is 14.7. The zero-order valence-electron chi connectivity index (χ0n) is 30.0. The largest absolute Gasteiger partial charge is 0.466 e. The predicted octanol–water partition coefficient (Wildman–Crippen LogP) is 4.40. The van der Waals surface area contributed by atoms with Crippen molar-refractivity contribution in [2.24, 2.45) is 11.8 Å². The van der Waals surface area contributed by atoms with Crippen LogP contribution in [0.3, 0.4) is 0 Å². The van der Waals surface area contributed by atoms with Crippen LogP contribution in [0.25, 0.3) is 5.57 Å². The highest BCUT2D eigenvalue weighted by atomic mass is 32.2. The zero-order valence-corrected chi connectivity index (χ0v) is 32.4. The minimum atomic E-state index is -1.73. The molecule has 1 spiro atoms. The Hall–Kier alpha value is -4.02. The molecule has 3 amide bonds. The standard InChI is InChI=1S/C36H38N2O11S3/c1-16-13-20-21(14-17(16)2)38(22(39)15-37-29(40)18-11-9-10-12-19(18)30(37)41)35(3,4)28-23(20)36(24(31(42)46-5)25(50-28)32(43)47-6)51-26(33(44)48-7)27(52-36)34(45)49-8/h13-14,18-19H,9-12,15H2,1-8H3/t18-,19-/m1/s1. The van der Waals surface area contributed by atoms with Gasteiger partial charge in [0.25, 0.3) is 0 Å². The number of fused-ring (bicyclic) bond motifs is 4. The molecule has 4 aliphatic heterocycles. The third kappa shape index (κ3) is 5.59. The number of carbonyl (C=O) groups excluding carboxylic acids is 7. The van der Waals surface area contributed by atoms with E-state index in [2.05, 4.69) is 0 Å². The second-order valence-electron chi connectivity index (χ2n) is 13.5. The van der Waals surface area contributed by atoms with Crippen LogP contribution in [-0.4, -0.2) is 91.1 Å². The first-order valence-electron chi connectivity index (χ1n) is 16.5. The number of rotatable bonds is 6. The molecule has 4 heterocycles. The number of likely N-dealkylation sites (tertiary alicyclic amines) is 1. The van der Waals surface area contributed by atoms with Crippen LogP contribution in [0.15, 0.2) is 37.3 Å². The van der Waals surface area contributed by atoms with Crippen LogP contribution < -0.4 is 4.90 Å². The highest BCUT2D eigenvalue weighted by Crippen LogP contribution is 2.71. The van der Waals surface area contributed by atoms with Crippen molar-refractivity contribution < 1.29 is 52.5 Å². The molecule has 13 nitrogen and oxygen atoms in total. The van der Waals surface area contributed by atoms with Crippen LogP contribution in [0.1, 0.15) is 56.2 Å². The fraction of sp³-hybridized carbons (Fsp3) is 0.472. The molecule has 1 saturated carbocycles. The molecule has 5 aliphatic rings. The minimum absolute atomic E-state index is 0.155. The fourth-order valence-corrected chi connectivity index (χ4v) is 12.7. The van der Waals surface area contributed by atoms with Gasteiger partial charge in [0.1, 0.15) is 25.3 Å². The Labute approximate surface area is 313 Å². The number of esters is 4. The number of carbonyl (C=O) groups is 7. The van der Waals surface area contributed by atoms with Gasteiger partial charge in [0.2, 0.25) is 17.7 Å². The lowest BCUT2D eigenvalue weighted by Gasteiger charge is -2.51. The molecule has 0 radical (unpaired) electrons. The van der Waals surface area contributed by atoms with E-state index in [0.717, 1.165) is 92.6 Å². The van der Waals surface area contributed by atoms with E-state index in [4.69, 9.17) is 18.9 Å². The van der Waals surface area contributed by atoms with E-state index in [1.54, 1.807) is 13.8 Å². The number of anilines is 1. The number of methoxy groups -OCH3 is 4. The third-order valence-electron chi connectivity index (χ3n) is 10.2. The lowest BCUT2D eigenvalue weighted by molar-refractivity contribution is -0.143. The minimum Gasteiger partial charge on any atom is -0.466 e. The molecule has 0 aromatic heterocycles. The molecular weight excluding hydrogens is 733 g/mol. The van der Waals surface area contributed by atoms with Crippen molar-refractivity contribution in [3.8, 4) is 0 Å². The summed E-state index contributed by atoms with van der Waals surface area (Å²) < 4.78 is 18.8. The topological polar surface area (TPSA) is 163 Å². The van der Waals surface area contributed by atoms with Crippen LogP contribution in [0, 0.1) is 25.7 Å². The number of imide groups is 1. The first-order valence-corrected chi connectivity index (χ1v) is 19.0. The van der Waals surface area contributed by atoms with Gasteiger partial charge in [-0.25, -0.2) is 19.2 Å².